The van der Waals surface area contributed by atoms with E-state index in [1.165, 1.54) is 29.8 Å². The van der Waals surface area contributed by atoms with Crippen LogP contribution >= 0.6 is 11.3 Å². The summed E-state index contributed by atoms with van der Waals surface area (Å²) in [5, 5.41) is 3.57. The van der Waals surface area contributed by atoms with Crippen LogP contribution in [0.3, 0.4) is 0 Å². The van der Waals surface area contributed by atoms with Gasteiger partial charge in [-0.25, -0.2) is 4.98 Å². The summed E-state index contributed by atoms with van der Waals surface area (Å²) in [5.74, 6) is -0.110. The Morgan fingerprint density at radius 3 is 3.00 bits per heavy atom. The van der Waals surface area contributed by atoms with Crippen molar-refractivity contribution in [3.8, 4) is 0 Å². The summed E-state index contributed by atoms with van der Waals surface area (Å²) in [7, 11) is 0. The molecule has 0 radical (unpaired) electrons. The number of nitrogens with zero attached hydrogens (tertiary/aromatic N) is 1. The molecule has 0 bridgehead atoms. The van der Waals surface area contributed by atoms with Crippen LogP contribution in [0.2, 0.25) is 0 Å². The van der Waals surface area contributed by atoms with Crippen molar-refractivity contribution in [3.05, 3.63) is 10.6 Å². The van der Waals surface area contributed by atoms with Crippen molar-refractivity contribution in [1.82, 2.24) is 4.98 Å². The van der Waals surface area contributed by atoms with E-state index in [2.05, 4.69) is 10.3 Å². The second-order valence-electron chi connectivity index (χ2n) is 4.83. The zero-order valence-corrected chi connectivity index (χ0v) is 11.7. The molecule has 1 aliphatic carbocycles. The molecule has 100 valence electrons. The van der Waals surface area contributed by atoms with Gasteiger partial charge >= 0.3 is 0 Å². The predicted molar refractivity (Wildman–Crippen MR) is 74.9 cm³/mol. The fourth-order valence-corrected chi connectivity index (χ4v) is 3.28. The third kappa shape index (κ3) is 3.29. The molecule has 3 N–H and O–H groups in total. The van der Waals surface area contributed by atoms with Gasteiger partial charge in [-0.05, 0) is 32.1 Å². The number of hydrogen-bond acceptors (Lipinski definition) is 4. The molecule has 4 nitrogen and oxygen atoms in total. The highest BCUT2D eigenvalue weighted by Gasteiger charge is 2.17. The van der Waals surface area contributed by atoms with E-state index in [-0.39, 0.29) is 5.91 Å². The topological polar surface area (TPSA) is 68.0 Å². The largest absolute Gasteiger partial charge is 0.320 e. The number of aryl methyl sites for hydroxylation is 2. The quantitative estimate of drug-likeness (QED) is 0.823. The summed E-state index contributed by atoms with van der Waals surface area (Å²) in [5.41, 5.74) is 6.97. The van der Waals surface area contributed by atoms with Crippen molar-refractivity contribution in [1.29, 1.82) is 0 Å². The fraction of sp³-hybridized carbons (Fsp3) is 0.692. The number of carbonyl (C=O) groups is 1. The Bertz CT molecular complexity index is 393. The first kappa shape index (κ1) is 13.5. The molecule has 0 saturated heterocycles. The van der Waals surface area contributed by atoms with Gasteiger partial charge in [-0.15, -0.1) is 11.3 Å². The van der Waals surface area contributed by atoms with E-state index in [0.29, 0.717) is 0 Å². The average molecular weight is 267 g/mol. The monoisotopic (exact) mass is 267 g/mol. The number of thiazole rings is 1. The minimum atomic E-state index is -0.418. The van der Waals surface area contributed by atoms with Gasteiger partial charge < -0.3 is 11.1 Å². The highest BCUT2D eigenvalue weighted by atomic mass is 32.1. The maximum atomic E-state index is 11.8. The van der Waals surface area contributed by atoms with Gasteiger partial charge in [0.2, 0.25) is 5.91 Å². The Labute approximate surface area is 112 Å². The number of carbonyl (C=O) groups excluding carboxylic acids is 1. The van der Waals surface area contributed by atoms with E-state index >= 15 is 0 Å². The number of nitrogens with two attached hydrogens (primary N) is 1. The summed E-state index contributed by atoms with van der Waals surface area (Å²) in [4.78, 5) is 17.7. The molecule has 0 aromatic carbocycles. The Hall–Kier alpha value is -0.940. The molecule has 1 aliphatic rings. The van der Waals surface area contributed by atoms with Crippen LogP contribution in [0.1, 0.15) is 49.6 Å². The Balaban J connectivity index is 2.00. The lowest BCUT2D eigenvalue weighted by Crippen LogP contribution is -2.35. The fourth-order valence-electron chi connectivity index (χ4n) is 2.22. The van der Waals surface area contributed by atoms with Gasteiger partial charge in [0.25, 0.3) is 0 Å². The van der Waals surface area contributed by atoms with Gasteiger partial charge in [-0.1, -0.05) is 19.8 Å². The van der Waals surface area contributed by atoms with E-state index in [4.69, 9.17) is 5.73 Å². The maximum absolute atomic E-state index is 11.8. The highest BCUT2D eigenvalue weighted by molar-refractivity contribution is 7.15. The van der Waals surface area contributed by atoms with Crippen LogP contribution in [0.4, 0.5) is 5.13 Å². The van der Waals surface area contributed by atoms with Crippen molar-refractivity contribution in [2.45, 2.75) is 57.9 Å². The van der Waals surface area contributed by atoms with Crippen LogP contribution in [-0.4, -0.2) is 16.9 Å². The zero-order chi connectivity index (χ0) is 13.0. The van der Waals surface area contributed by atoms with Crippen LogP contribution in [-0.2, 0) is 17.6 Å². The maximum Gasteiger partial charge on any atom is 0.243 e. The minimum absolute atomic E-state index is 0.110. The van der Waals surface area contributed by atoms with E-state index < -0.39 is 6.04 Å². The van der Waals surface area contributed by atoms with Gasteiger partial charge in [0.15, 0.2) is 5.13 Å². The number of nitrogens with one attached hydrogen (secondary N) is 1. The highest BCUT2D eigenvalue weighted by Crippen LogP contribution is 2.28. The molecule has 0 spiro atoms. The minimum Gasteiger partial charge on any atom is -0.320 e. The Morgan fingerprint density at radius 2 is 2.22 bits per heavy atom. The molecule has 1 aromatic rings. The van der Waals surface area contributed by atoms with E-state index in [1.54, 1.807) is 11.3 Å². The Morgan fingerprint density at radius 1 is 1.44 bits per heavy atom. The van der Waals surface area contributed by atoms with Gasteiger partial charge in [-0.2, -0.15) is 0 Å². The Kier molecular flexibility index (Phi) is 4.72. The molecule has 0 fully saturated rings. The first-order valence-electron chi connectivity index (χ1n) is 6.75. The number of aromatic nitrogens is 1. The number of amides is 1. The van der Waals surface area contributed by atoms with Gasteiger partial charge in [0, 0.05) is 4.88 Å². The van der Waals surface area contributed by atoms with Crippen molar-refractivity contribution >= 4 is 22.4 Å². The normalized spacial score (nSPS) is 16.8. The SMILES string of the molecule is CCCC(N)C(=O)Nc1nc2c(s1)CCCCC2. The summed E-state index contributed by atoms with van der Waals surface area (Å²) in [6, 6.07) is -0.418. The third-order valence-electron chi connectivity index (χ3n) is 3.26. The molecule has 5 heteroatoms. The van der Waals surface area contributed by atoms with E-state index in [9.17, 15) is 4.79 Å². The summed E-state index contributed by atoms with van der Waals surface area (Å²) in [6.45, 7) is 2.03. The second kappa shape index (κ2) is 6.29. The van der Waals surface area contributed by atoms with Crippen molar-refractivity contribution in [2.24, 2.45) is 5.73 Å². The molecule has 1 atom stereocenters. The molecular weight excluding hydrogens is 246 g/mol. The number of fused-ring (bicyclic) bond motifs is 1. The number of hydrogen-bond donors (Lipinski definition) is 2. The third-order valence-corrected chi connectivity index (χ3v) is 4.34. The molecular formula is C13H21N3OS. The lowest BCUT2D eigenvalue weighted by molar-refractivity contribution is -0.117. The first-order chi connectivity index (χ1) is 8.70. The molecule has 1 aromatic heterocycles. The van der Waals surface area contributed by atoms with E-state index in [0.717, 1.165) is 30.8 Å². The molecule has 0 saturated carbocycles. The summed E-state index contributed by atoms with van der Waals surface area (Å²) >= 11 is 1.61. The van der Waals surface area contributed by atoms with Crippen molar-refractivity contribution < 1.29 is 4.79 Å². The second-order valence-corrected chi connectivity index (χ2v) is 5.92. The lowest BCUT2D eigenvalue weighted by atomic mass is 10.2. The number of anilines is 1. The van der Waals surface area contributed by atoms with Crippen molar-refractivity contribution in [3.63, 3.8) is 0 Å². The lowest BCUT2D eigenvalue weighted by Gasteiger charge is -2.08. The van der Waals surface area contributed by atoms with Crippen LogP contribution in [0.15, 0.2) is 0 Å². The van der Waals surface area contributed by atoms with Crippen LogP contribution in [0.25, 0.3) is 0 Å². The molecule has 2 rings (SSSR count). The zero-order valence-electron chi connectivity index (χ0n) is 10.9. The predicted octanol–water partition coefficient (Wildman–Crippen LogP) is 2.48. The molecule has 1 unspecified atom stereocenters. The average Bonchev–Trinajstić information content (AvgIpc) is 2.59. The molecule has 1 amide bonds. The molecule has 18 heavy (non-hydrogen) atoms. The molecule has 0 aliphatic heterocycles. The van der Waals surface area contributed by atoms with Crippen LogP contribution in [0, 0.1) is 0 Å². The summed E-state index contributed by atoms with van der Waals surface area (Å²) in [6.07, 6.45) is 7.51. The molecule has 1 heterocycles. The standard InChI is InChI=1S/C13H21N3OS/c1-2-6-9(14)12(17)16-13-15-10-7-4-3-5-8-11(10)18-13/h9H,2-8,14H2,1H3,(H,15,16,17). The van der Waals surface area contributed by atoms with Crippen LogP contribution < -0.4 is 11.1 Å². The first-order valence-corrected chi connectivity index (χ1v) is 7.57. The van der Waals surface area contributed by atoms with Gasteiger partial charge in [0.1, 0.15) is 0 Å². The van der Waals surface area contributed by atoms with Crippen molar-refractivity contribution in [2.75, 3.05) is 5.32 Å². The van der Waals surface area contributed by atoms with Gasteiger partial charge in [-0.3, -0.25) is 4.79 Å². The smallest absolute Gasteiger partial charge is 0.243 e. The van der Waals surface area contributed by atoms with E-state index in [1.807, 2.05) is 6.92 Å². The van der Waals surface area contributed by atoms with Crippen LogP contribution in [0.5, 0.6) is 0 Å². The number of rotatable bonds is 4. The van der Waals surface area contributed by atoms with Gasteiger partial charge in [0.05, 0.1) is 11.7 Å². The summed E-state index contributed by atoms with van der Waals surface area (Å²) < 4.78 is 0.